The molecule has 0 fully saturated rings. The van der Waals surface area contributed by atoms with Crippen molar-refractivity contribution in [1.29, 1.82) is 0 Å². The van der Waals surface area contributed by atoms with Gasteiger partial charge in [0.05, 0.1) is 24.5 Å². The molecule has 4 aromatic rings. The summed E-state index contributed by atoms with van der Waals surface area (Å²) in [6, 6.07) is 16.6. The van der Waals surface area contributed by atoms with Crippen molar-refractivity contribution in [2.75, 3.05) is 7.11 Å². The van der Waals surface area contributed by atoms with Gasteiger partial charge in [-0.3, -0.25) is 0 Å². The highest BCUT2D eigenvalue weighted by Crippen LogP contribution is 2.30. The molecule has 0 saturated heterocycles. The lowest BCUT2D eigenvalue weighted by Gasteiger charge is -2.09. The Labute approximate surface area is 128 Å². The van der Waals surface area contributed by atoms with Gasteiger partial charge in [0.2, 0.25) is 0 Å². The average Bonchev–Trinajstić information content (AvgIpc) is 3.04. The molecular formula is C18H15N3O. The van der Waals surface area contributed by atoms with Crippen LogP contribution in [0.3, 0.4) is 0 Å². The summed E-state index contributed by atoms with van der Waals surface area (Å²) in [5.41, 5.74) is 4.38. The Morgan fingerprint density at radius 3 is 2.59 bits per heavy atom. The number of rotatable bonds is 2. The lowest BCUT2D eigenvalue weighted by atomic mass is 10.0. The fraction of sp³-hybridized carbons (Fsp3) is 0.111. The number of methoxy groups -OCH3 is 1. The van der Waals surface area contributed by atoms with Gasteiger partial charge in [0.1, 0.15) is 5.75 Å². The van der Waals surface area contributed by atoms with Gasteiger partial charge in [-0.25, -0.2) is 4.52 Å². The minimum Gasteiger partial charge on any atom is -0.497 e. The number of pyridine rings is 1. The van der Waals surface area contributed by atoms with E-state index in [0.717, 1.165) is 33.3 Å². The molecule has 0 radical (unpaired) electrons. The summed E-state index contributed by atoms with van der Waals surface area (Å²) in [6.45, 7) is 2.08. The Morgan fingerprint density at radius 1 is 1.00 bits per heavy atom. The van der Waals surface area contributed by atoms with E-state index < -0.39 is 0 Å². The fourth-order valence-corrected chi connectivity index (χ4v) is 2.75. The summed E-state index contributed by atoms with van der Waals surface area (Å²) < 4.78 is 7.21. The van der Waals surface area contributed by atoms with Gasteiger partial charge in [0.25, 0.3) is 0 Å². The van der Waals surface area contributed by atoms with E-state index in [1.165, 1.54) is 5.56 Å². The lowest BCUT2D eigenvalue weighted by molar-refractivity contribution is 0.415. The summed E-state index contributed by atoms with van der Waals surface area (Å²) in [5.74, 6) is 0.832. The minimum atomic E-state index is 0.832. The first-order valence-corrected chi connectivity index (χ1v) is 7.14. The third-order valence-corrected chi connectivity index (χ3v) is 3.95. The maximum atomic E-state index is 5.33. The van der Waals surface area contributed by atoms with Crippen LogP contribution in [0, 0.1) is 6.92 Å². The van der Waals surface area contributed by atoms with Gasteiger partial charge in [-0.1, -0.05) is 41.1 Å². The topological polar surface area (TPSA) is 39.4 Å². The van der Waals surface area contributed by atoms with Crippen molar-refractivity contribution in [3.8, 4) is 17.0 Å². The second kappa shape index (κ2) is 4.84. The maximum Gasteiger partial charge on any atom is 0.119 e. The molecule has 0 bridgehead atoms. The monoisotopic (exact) mass is 289 g/mol. The molecule has 2 aromatic carbocycles. The summed E-state index contributed by atoms with van der Waals surface area (Å²) in [5, 5.41) is 10.6. The highest BCUT2D eigenvalue weighted by atomic mass is 16.5. The first kappa shape index (κ1) is 12.8. The second-order valence-electron chi connectivity index (χ2n) is 5.38. The molecule has 0 unspecified atom stereocenters. The normalized spacial score (nSPS) is 11.2. The van der Waals surface area contributed by atoms with E-state index in [1.54, 1.807) is 13.3 Å². The number of benzene rings is 2. The molecule has 0 amide bonds. The molecule has 2 aromatic heterocycles. The number of aromatic nitrogens is 3. The van der Waals surface area contributed by atoms with E-state index >= 15 is 0 Å². The number of hydrogen-bond acceptors (Lipinski definition) is 3. The van der Waals surface area contributed by atoms with Gasteiger partial charge < -0.3 is 4.74 Å². The molecule has 0 spiro atoms. The van der Waals surface area contributed by atoms with Crippen molar-refractivity contribution < 1.29 is 4.74 Å². The van der Waals surface area contributed by atoms with E-state index in [-0.39, 0.29) is 0 Å². The molecule has 0 aliphatic rings. The Bertz CT molecular complexity index is 971. The van der Waals surface area contributed by atoms with E-state index in [0.29, 0.717) is 0 Å². The van der Waals surface area contributed by atoms with Crippen LogP contribution < -0.4 is 4.74 Å². The van der Waals surface area contributed by atoms with Crippen LogP contribution in [0.15, 0.2) is 54.7 Å². The van der Waals surface area contributed by atoms with Gasteiger partial charge >= 0.3 is 0 Å². The first-order chi connectivity index (χ1) is 10.8. The fourth-order valence-electron chi connectivity index (χ4n) is 2.75. The van der Waals surface area contributed by atoms with Crippen molar-refractivity contribution in [1.82, 2.24) is 14.8 Å². The highest BCUT2D eigenvalue weighted by Gasteiger charge is 2.10. The van der Waals surface area contributed by atoms with Crippen LogP contribution in [0.2, 0.25) is 0 Å². The highest BCUT2D eigenvalue weighted by molar-refractivity contribution is 5.98. The summed E-state index contributed by atoms with van der Waals surface area (Å²) in [6.07, 6.45) is 1.79. The molecule has 0 atom stereocenters. The molecule has 108 valence electrons. The van der Waals surface area contributed by atoms with Crippen LogP contribution in [0.5, 0.6) is 5.75 Å². The summed E-state index contributed by atoms with van der Waals surface area (Å²) >= 11 is 0. The number of aryl methyl sites for hydroxylation is 1. The predicted molar refractivity (Wildman–Crippen MR) is 87.2 cm³/mol. The molecule has 22 heavy (non-hydrogen) atoms. The van der Waals surface area contributed by atoms with Crippen LogP contribution in [-0.4, -0.2) is 21.9 Å². The van der Waals surface area contributed by atoms with Crippen molar-refractivity contribution in [3.05, 3.63) is 60.3 Å². The predicted octanol–water partition coefficient (Wildman–Crippen LogP) is 3.87. The maximum absolute atomic E-state index is 5.33. The van der Waals surface area contributed by atoms with Crippen LogP contribution in [0.1, 0.15) is 5.56 Å². The number of nitrogens with zero attached hydrogens (tertiary/aromatic N) is 3. The van der Waals surface area contributed by atoms with Gasteiger partial charge in [-0.05, 0) is 30.5 Å². The Hall–Kier alpha value is -2.88. The largest absolute Gasteiger partial charge is 0.497 e. The molecule has 0 saturated carbocycles. The molecule has 2 heterocycles. The number of ether oxygens (including phenoxy) is 1. The molecule has 4 heteroatoms. The number of hydrogen-bond donors (Lipinski definition) is 0. The third kappa shape index (κ3) is 1.92. The van der Waals surface area contributed by atoms with Crippen LogP contribution in [0.25, 0.3) is 27.5 Å². The zero-order chi connectivity index (χ0) is 15.1. The molecule has 0 aliphatic carbocycles. The Kier molecular flexibility index (Phi) is 2.82. The molecule has 4 rings (SSSR count). The lowest BCUT2D eigenvalue weighted by Crippen LogP contribution is -1.96. The van der Waals surface area contributed by atoms with Crippen molar-refractivity contribution >= 4 is 16.3 Å². The van der Waals surface area contributed by atoms with Crippen LogP contribution in [0.4, 0.5) is 0 Å². The second-order valence-corrected chi connectivity index (χ2v) is 5.38. The number of fused-ring (bicyclic) bond motifs is 3. The summed E-state index contributed by atoms with van der Waals surface area (Å²) in [7, 11) is 1.67. The van der Waals surface area contributed by atoms with Crippen molar-refractivity contribution in [2.45, 2.75) is 6.92 Å². The van der Waals surface area contributed by atoms with Gasteiger partial charge in [0, 0.05) is 10.9 Å². The van der Waals surface area contributed by atoms with Crippen molar-refractivity contribution in [2.24, 2.45) is 0 Å². The van der Waals surface area contributed by atoms with E-state index in [9.17, 15) is 0 Å². The average molecular weight is 289 g/mol. The van der Waals surface area contributed by atoms with Crippen molar-refractivity contribution in [3.63, 3.8) is 0 Å². The third-order valence-electron chi connectivity index (χ3n) is 3.95. The van der Waals surface area contributed by atoms with Gasteiger partial charge in [-0.2, -0.15) is 0 Å². The first-order valence-electron chi connectivity index (χ1n) is 7.14. The van der Waals surface area contributed by atoms with E-state index in [4.69, 9.17) is 4.74 Å². The summed E-state index contributed by atoms with van der Waals surface area (Å²) in [4.78, 5) is 0. The Morgan fingerprint density at radius 2 is 1.82 bits per heavy atom. The zero-order valence-corrected chi connectivity index (χ0v) is 12.4. The molecular weight excluding hydrogens is 274 g/mol. The molecule has 0 N–H and O–H groups in total. The quantitative estimate of drug-likeness (QED) is 0.562. The van der Waals surface area contributed by atoms with E-state index in [2.05, 4.69) is 53.6 Å². The minimum absolute atomic E-state index is 0.832. The zero-order valence-electron chi connectivity index (χ0n) is 12.4. The smallest absolute Gasteiger partial charge is 0.119 e. The van der Waals surface area contributed by atoms with E-state index in [1.807, 2.05) is 16.6 Å². The van der Waals surface area contributed by atoms with Crippen LogP contribution >= 0.6 is 0 Å². The standard InChI is InChI=1S/C18H15N3O/c1-12-3-5-13(6-4-12)17-9-14-7-8-15(22-2)10-16(14)18-11-19-20-21(17)18/h3-11H,1-2H3. The molecule has 0 aliphatic heterocycles. The van der Waals surface area contributed by atoms with Crippen LogP contribution in [-0.2, 0) is 0 Å². The van der Waals surface area contributed by atoms with Gasteiger partial charge in [0.15, 0.2) is 0 Å². The SMILES string of the molecule is COc1ccc2cc(-c3ccc(C)cc3)n3nncc3c2c1. The Balaban J connectivity index is 2.06. The molecule has 4 nitrogen and oxygen atoms in total. The van der Waals surface area contributed by atoms with Gasteiger partial charge in [-0.15, -0.1) is 5.10 Å².